The van der Waals surface area contributed by atoms with Crippen molar-refractivity contribution < 1.29 is 28.6 Å². The molecule has 0 unspecified atom stereocenters. The molecule has 0 spiro atoms. The van der Waals surface area contributed by atoms with Crippen LogP contribution in [0.15, 0.2) is 109 Å². The molecule has 0 radical (unpaired) electrons. The fourth-order valence-corrected chi connectivity index (χ4v) is 7.13. The van der Waals surface area contributed by atoms with Crippen molar-refractivity contribution in [2.45, 2.75) is 245 Å². The molecule has 0 saturated carbocycles. The SMILES string of the molecule is CC/C=C\C/C=C\C/C=C\C/C=C\CCCCCCC(=O)OC[C@H](COC(=O)CCCCCCC/C=C\C/C=C\CCCCC)OC(=O)CCC/C=C\C/C=C\C/C=C\CCCCCCCC. The van der Waals surface area contributed by atoms with Crippen LogP contribution in [0.4, 0.5) is 0 Å². The van der Waals surface area contributed by atoms with Crippen molar-refractivity contribution in [3.8, 4) is 0 Å². The topological polar surface area (TPSA) is 78.9 Å². The molecular weight excluding hydrogens is 829 g/mol. The predicted molar refractivity (Wildman–Crippen MR) is 288 cm³/mol. The number of allylic oxidation sites excluding steroid dienone is 18. The van der Waals surface area contributed by atoms with Crippen molar-refractivity contribution in [2.75, 3.05) is 13.2 Å². The first kappa shape index (κ1) is 63.1. The van der Waals surface area contributed by atoms with Crippen LogP contribution in [0.3, 0.4) is 0 Å². The highest BCUT2D eigenvalue weighted by molar-refractivity contribution is 5.71. The van der Waals surface area contributed by atoms with Crippen LogP contribution in [0.25, 0.3) is 0 Å². The van der Waals surface area contributed by atoms with E-state index >= 15 is 0 Å². The van der Waals surface area contributed by atoms with Crippen molar-refractivity contribution in [2.24, 2.45) is 0 Å². The van der Waals surface area contributed by atoms with E-state index in [0.717, 1.165) is 122 Å². The third kappa shape index (κ3) is 52.9. The highest BCUT2D eigenvalue weighted by Crippen LogP contribution is 2.12. The van der Waals surface area contributed by atoms with Gasteiger partial charge in [0, 0.05) is 19.3 Å². The lowest BCUT2D eigenvalue weighted by Gasteiger charge is -2.18. The Morgan fingerprint density at radius 3 is 0.985 bits per heavy atom. The minimum absolute atomic E-state index is 0.115. The average Bonchev–Trinajstić information content (AvgIpc) is 3.33. The first-order chi connectivity index (χ1) is 33.0. The van der Waals surface area contributed by atoms with E-state index in [1.54, 1.807) is 0 Å². The molecule has 0 fully saturated rings. The predicted octanol–water partition coefficient (Wildman–Crippen LogP) is 18.3. The molecule has 0 aromatic carbocycles. The van der Waals surface area contributed by atoms with Gasteiger partial charge < -0.3 is 14.2 Å². The van der Waals surface area contributed by atoms with Gasteiger partial charge in [-0.2, -0.15) is 0 Å². The maximum Gasteiger partial charge on any atom is 0.306 e. The second-order valence-electron chi connectivity index (χ2n) is 17.7. The Morgan fingerprint density at radius 2 is 0.597 bits per heavy atom. The standard InChI is InChI=1S/C61H100O6/c1-4-7-10-13-16-19-22-25-28-30-33-36-39-42-45-48-51-54-60(63)66-57-58(56-65-59(62)53-50-47-44-41-38-35-32-27-24-21-18-15-12-9-6-3)67-61(64)55-52-49-46-43-40-37-34-31-29-26-23-20-17-14-11-8-5-2/h7,10,16,18-19,21,25-29,32-34,36-37,43,46,58H,4-6,8-9,11-15,17,20,22-24,30-31,35,38-42,44-45,47-57H2,1-3H3/b10-7-,19-16-,21-18-,28-25-,29-26-,32-27-,36-33-,37-34-,46-43-/t58-/m0/s1. The summed E-state index contributed by atoms with van der Waals surface area (Å²) in [7, 11) is 0. The molecule has 0 saturated heterocycles. The van der Waals surface area contributed by atoms with E-state index in [2.05, 4.69) is 130 Å². The van der Waals surface area contributed by atoms with Crippen molar-refractivity contribution in [1.82, 2.24) is 0 Å². The molecule has 0 aromatic heterocycles. The van der Waals surface area contributed by atoms with Gasteiger partial charge >= 0.3 is 17.9 Å². The van der Waals surface area contributed by atoms with Crippen LogP contribution in [0.5, 0.6) is 0 Å². The van der Waals surface area contributed by atoms with Gasteiger partial charge in [-0.1, -0.05) is 207 Å². The minimum Gasteiger partial charge on any atom is -0.462 e. The summed E-state index contributed by atoms with van der Waals surface area (Å²) in [5.41, 5.74) is 0. The highest BCUT2D eigenvalue weighted by atomic mass is 16.6. The highest BCUT2D eigenvalue weighted by Gasteiger charge is 2.19. The van der Waals surface area contributed by atoms with Gasteiger partial charge in [0.05, 0.1) is 0 Å². The zero-order valence-corrected chi connectivity index (χ0v) is 43.4. The maximum atomic E-state index is 12.8. The normalized spacial score (nSPS) is 12.9. The van der Waals surface area contributed by atoms with Crippen LogP contribution in [0.2, 0.25) is 0 Å². The van der Waals surface area contributed by atoms with Crippen molar-refractivity contribution >= 4 is 17.9 Å². The average molecular weight is 929 g/mol. The van der Waals surface area contributed by atoms with Crippen LogP contribution in [0, 0.1) is 0 Å². The van der Waals surface area contributed by atoms with Gasteiger partial charge in [0.25, 0.3) is 0 Å². The van der Waals surface area contributed by atoms with E-state index in [4.69, 9.17) is 14.2 Å². The number of rotatable bonds is 48. The number of unbranched alkanes of at least 4 members (excludes halogenated alkanes) is 19. The molecular formula is C61H100O6. The van der Waals surface area contributed by atoms with Gasteiger partial charge in [-0.05, 0) is 122 Å². The van der Waals surface area contributed by atoms with Gasteiger partial charge in [0.1, 0.15) is 13.2 Å². The molecule has 6 heteroatoms. The molecule has 0 aliphatic heterocycles. The molecule has 0 aromatic rings. The fraction of sp³-hybridized carbons (Fsp3) is 0.656. The molecule has 0 rings (SSSR count). The van der Waals surface area contributed by atoms with E-state index in [-0.39, 0.29) is 37.5 Å². The molecule has 0 heterocycles. The van der Waals surface area contributed by atoms with Crippen LogP contribution in [-0.4, -0.2) is 37.2 Å². The Balaban J connectivity index is 4.55. The van der Waals surface area contributed by atoms with Gasteiger partial charge in [0.15, 0.2) is 6.10 Å². The van der Waals surface area contributed by atoms with Crippen LogP contribution in [-0.2, 0) is 28.6 Å². The molecule has 0 amide bonds. The summed E-state index contributed by atoms with van der Waals surface area (Å²) in [6.07, 6.45) is 73.6. The molecule has 67 heavy (non-hydrogen) atoms. The summed E-state index contributed by atoms with van der Waals surface area (Å²) in [5, 5.41) is 0. The van der Waals surface area contributed by atoms with E-state index in [0.29, 0.717) is 19.3 Å². The van der Waals surface area contributed by atoms with Gasteiger partial charge in [-0.3, -0.25) is 14.4 Å². The molecule has 0 aliphatic carbocycles. The summed E-state index contributed by atoms with van der Waals surface area (Å²) in [6.45, 7) is 6.41. The van der Waals surface area contributed by atoms with Crippen molar-refractivity contribution in [3.63, 3.8) is 0 Å². The number of hydrogen-bond donors (Lipinski definition) is 0. The maximum absolute atomic E-state index is 12.8. The zero-order valence-electron chi connectivity index (χ0n) is 43.4. The number of esters is 3. The zero-order chi connectivity index (χ0) is 48.6. The third-order valence-electron chi connectivity index (χ3n) is 11.2. The summed E-state index contributed by atoms with van der Waals surface area (Å²) in [6, 6.07) is 0. The molecule has 6 nitrogen and oxygen atoms in total. The second-order valence-corrected chi connectivity index (χ2v) is 17.7. The van der Waals surface area contributed by atoms with Crippen molar-refractivity contribution in [3.05, 3.63) is 109 Å². The Morgan fingerprint density at radius 1 is 0.313 bits per heavy atom. The largest absolute Gasteiger partial charge is 0.462 e. The third-order valence-corrected chi connectivity index (χ3v) is 11.2. The smallest absolute Gasteiger partial charge is 0.306 e. The van der Waals surface area contributed by atoms with Crippen LogP contribution >= 0.6 is 0 Å². The summed E-state index contributed by atoms with van der Waals surface area (Å²) >= 11 is 0. The Kier molecular flexibility index (Phi) is 51.5. The first-order valence-corrected chi connectivity index (χ1v) is 27.4. The summed E-state index contributed by atoms with van der Waals surface area (Å²) in [5.74, 6) is -1.01. The number of carbonyl (C=O) groups excluding carboxylic acids is 3. The van der Waals surface area contributed by atoms with E-state index in [1.807, 2.05) is 0 Å². The van der Waals surface area contributed by atoms with Gasteiger partial charge in [-0.25, -0.2) is 0 Å². The lowest BCUT2D eigenvalue weighted by Crippen LogP contribution is -2.30. The lowest BCUT2D eigenvalue weighted by atomic mass is 10.1. The monoisotopic (exact) mass is 929 g/mol. The first-order valence-electron chi connectivity index (χ1n) is 27.4. The minimum atomic E-state index is -0.823. The Bertz CT molecular complexity index is 1390. The molecule has 0 N–H and O–H groups in total. The quantitative estimate of drug-likeness (QED) is 0.0262. The van der Waals surface area contributed by atoms with E-state index in [9.17, 15) is 14.4 Å². The molecule has 0 aliphatic rings. The number of carbonyl (C=O) groups is 3. The van der Waals surface area contributed by atoms with Crippen LogP contribution in [0.1, 0.15) is 239 Å². The summed E-state index contributed by atoms with van der Waals surface area (Å²) in [4.78, 5) is 38.1. The Hall–Kier alpha value is -3.93. The van der Waals surface area contributed by atoms with E-state index in [1.165, 1.54) is 70.6 Å². The van der Waals surface area contributed by atoms with Gasteiger partial charge in [-0.15, -0.1) is 0 Å². The Labute approximate surface area is 412 Å². The van der Waals surface area contributed by atoms with Crippen LogP contribution < -0.4 is 0 Å². The molecule has 1 atom stereocenters. The number of ether oxygens (including phenoxy) is 3. The molecule has 380 valence electrons. The molecule has 0 bridgehead atoms. The van der Waals surface area contributed by atoms with Crippen molar-refractivity contribution in [1.29, 1.82) is 0 Å². The summed E-state index contributed by atoms with van der Waals surface area (Å²) < 4.78 is 16.8. The second kappa shape index (κ2) is 54.7. The van der Waals surface area contributed by atoms with Gasteiger partial charge in [0.2, 0.25) is 0 Å². The number of hydrogen-bond acceptors (Lipinski definition) is 6. The lowest BCUT2D eigenvalue weighted by molar-refractivity contribution is -0.167. The fourth-order valence-electron chi connectivity index (χ4n) is 7.13. The van der Waals surface area contributed by atoms with E-state index < -0.39 is 6.10 Å².